The summed E-state index contributed by atoms with van der Waals surface area (Å²) in [6, 6.07) is 3.73. The molecule has 0 spiro atoms. The van der Waals surface area contributed by atoms with Crippen molar-refractivity contribution in [2.24, 2.45) is 0 Å². The third-order valence-electron chi connectivity index (χ3n) is 2.40. The highest BCUT2D eigenvalue weighted by Gasteiger charge is 2.20. The van der Waals surface area contributed by atoms with Crippen LogP contribution in [0.4, 0.5) is 0 Å². The molecule has 2 N–H and O–H groups in total. The van der Waals surface area contributed by atoms with Crippen LogP contribution < -0.4 is 5.32 Å². The minimum absolute atomic E-state index is 0.116. The second-order valence-electron chi connectivity index (χ2n) is 3.85. The number of nitrogens with zero attached hydrogens (tertiary/aromatic N) is 1. The minimum atomic E-state index is -1.04. The number of unbranched alkanes of at least 4 members (excludes halogenated alkanes) is 1. The van der Waals surface area contributed by atoms with Crippen molar-refractivity contribution in [1.82, 2.24) is 10.3 Å². The molecule has 18 heavy (non-hydrogen) atoms. The fraction of sp³-hybridized carbons (Fsp3) is 0.417. The van der Waals surface area contributed by atoms with E-state index in [2.05, 4.69) is 10.3 Å². The Bertz CT molecular complexity index is 437. The molecule has 1 heterocycles. The van der Waals surface area contributed by atoms with Gasteiger partial charge in [0.25, 0.3) is 5.91 Å². The molecule has 1 aromatic heterocycles. The number of hydrogen-bond donors (Lipinski definition) is 2. The lowest BCUT2D eigenvalue weighted by molar-refractivity contribution is -0.139. The van der Waals surface area contributed by atoms with E-state index >= 15 is 0 Å². The molecule has 0 saturated heterocycles. The Balaban J connectivity index is 2.69. The Labute approximate surface area is 110 Å². The first-order chi connectivity index (χ1) is 8.54. The summed E-state index contributed by atoms with van der Waals surface area (Å²) >= 11 is 5.66. The smallest absolute Gasteiger partial charge is 0.326 e. The van der Waals surface area contributed by atoms with Crippen molar-refractivity contribution in [3.05, 3.63) is 29.0 Å². The predicted molar refractivity (Wildman–Crippen MR) is 67.7 cm³/mol. The molecule has 0 aromatic carbocycles. The van der Waals surface area contributed by atoms with Crippen molar-refractivity contribution in [2.75, 3.05) is 0 Å². The van der Waals surface area contributed by atoms with Gasteiger partial charge in [-0.25, -0.2) is 9.78 Å². The number of carbonyl (C=O) groups is 2. The average molecular weight is 271 g/mol. The fourth-order valence-corrected chi connectivity index (χ4v) is 1.60. The van der Waals surface area contributed by atoms with Gasteiger partial charge in [0.1, 0.15) is 16.9 Å². The Morgan fingerprint density at radius 1 is 1.50 bits per heavy atom. The zero-order chi connectivity index (χ0) is 13.5. The van der Waals surface area contributed by atoms with Gasteiger partial charge in [-0.05, 0) is 18.6 Å². The molecule has 1 atom stereocenters. The van der Waals surface area contributed by atoms with Crippen LogP contribution in [0.5, 0.6) is 0 Å². The molecule has 0 radical (unpaired) electrons. The van der Waals surface area contributed by atoms with Gasteiger partial charge >= 0.3 is 5.97 Å². The van der Waals surface area contributed by atoms with E-state index in [-0.39, 0.29) is 10.8 Å². The maximum absolute atomic E-state index is 11.8. The van der Waals surface area contributed by atoms with Crippen LogP contribution in [0.25, 0.3) is 0 Å². The Kier molecular flexibility index (Phi) is 5.58. The monoisotopic (exact) mass is 270 g/mol. The molecular formula is C12H15ClN2O3. The first-order valence-electron chi connectivity index (χ1n) is 5.70. The number of nitrogens with one attached hydrogen (secondary N) is 1. The molecule has 1 aromatic rings. The van der Waals surface area contributed by atoms with Gasteiger partial charge in [0, 0.05) is 0 Å². The van der Waals surface area contributed by atoms with E-state index in [0.717, 1.165) is 12.8 Å². The molecule has 0 aliphatic rings. The van der Waals surface area contributed by atoms with Crippen molar-refractivity contribution in [2.45, 2.75) is 32.2 Å². The van der Waals surface area contributed by atoms with Crippen LogP contribution in [0.15, 0.2) is 18.2 Å². The highest BCUT2D eigenvalue weighted by molar-refractivity contribution is 6.29. The molecule has 0 aliphatic heterocycles. The van der Waals surface area contributed by atoms with Gasteiger partial charge in [-0.1, -0.05) is 37.4 Å². The molecule has 1 unspecified atom stereocenters. The van der Waals surface area contributed by atoms with Crippen LogP contribution in [-0.4, -0.2) is 28.0 Å². The van der Waals surface area contributed by atoms with Crippen LogP contribution in [0.3, 0.4) is 0 Å². The molecule has 0 fully saturated rings. The number of halogens is 1. The van der Waals surface area contributed by atoms with Crippen LogP contribution in [-0.2, 0) is 4.79 Å². The fourth-order valence-electron chi connectivity index (χ4n) is 1.43. The second-order valence-corrected chi connectivity index (χ2v) is 4.24. The van der Waals surface area contributed by atoms with Gasteiger partial charge in [-0.15, -0.1) is 0 Å². The molecule has 0 aliphatic carbocycles. The average Bonchev–Trinajstić information content (AvgIpc) is 2.33. The predicted octanol–water partition coefficient (Wildman–Crippen LogP) is 2.11. The molecule has 5 nitrogen and oxygen atoms in total. The lowest BCUT2D eigenvalue weighted by Gasteiger charge is -2.13. The summed E-state index contributed by atoms with van der Waals surface area (Å²) in [6.45, 7) is 1.96. The Morgan fingerprint density at radius 2 is 2.22 bits per heavy atom. The molecule has 6 heteroatoms. The molecule has 1 rings (SSSR count). The van der Waals surface area contributed by atoms with E-state index in [9.17, 15) is 9.59 Å². The van der Waals surface area contributed by atoms with Crippen molar-refractivity contribution in [3.63, 3.8) is 0 Å². The Morgan fingerprint density at radius 3 is 2.78 bits per heavy atom. The first-order valence-corrected chi connectivity index (χ1v) is 6.08. The lowest BCUT2D eigenvalue weighted by Crippen LogP contribution is -2.41. The quantitative estimate of drug-likeness (QED) is 0.776. The zero-order valence-corrected chi connectivity index (χ0v) is 10.8. The molecule has 98 valence electrons. The van der Waals surface area contributed by atoms with E-state index in [4.69, 9.17) is 16.7 Å². The highest BCUT2D eigenvalue weighted by atomic mass is 35.5. The normalized spacial score (nSPS) is 11.9. The number of hydrogen-bond acceptors (Lipinski definition) is 3. The largest absolute Gasteiger partial charge is 0.480 e. The number of carbonyl (C=O) groups excluding carboxylic acids is 1. The molecule has 0 bridgehead atoms. The summed E-state index contributed by atoms with van der Waals surface area (Å²) in [5, 5.41) is 11.6. The number of pyridine rings is 1. The summed E-state index contributed by atoms with van der Waals surface area (Å²) in [5.41, 5.74) is 0.116. The van der Waals surface area contributed by atoms with Crippen LogP contribution in [0.2, 0.25) is 5.15 Å². The van der Waals surface area contributed by atoms with Crippen molar-refractivity contribution in [3.8, 4) is 0 Å². The van der Waals surface area contributed by atoms with Gasteiger partial charge in [0.15, 0.2) is 0 Å². The number of aromatic nitrogens is 1. The van der Waals surface area contributed by atoms with E-state index in [1.54, 1.807) is 12.1 Å². The van der Waals surface area contributed by atoms with E-state index in [1.807, 2.05) is 6.92 Å². The van der Waals surface area contributed by atoms with Crippen molar-refractivity contribution < 1.29 is 14.7 Å². The topological polar surface area (TPSA) is 79.3 Å². The number of carboxylic acids is 1. The number of rotatable bonds is 6. The van der Waals surface area contributed by atoms with E-state index in [0.29, 0.717) is 6.42 Å². The van der Waals surface area contributed by atoms with Crippen LogP contribution in [0.1, 0.15) is 36.7 Å². The van der Waals surface area contributed by atoms with Gasteiger partial charge in [0.2, 0.25) is 0 Å². The van der Waals surface area contributed by atoms with Gasteiger partial charge in [0.05, 0.1) is 0 Å². The maximum Gasteiger partial charge on any atom is 0.326 e. The van der Waals surface area contributed by atoms with Crippen LogP contribution in [0, 0.1) is 0 Å². The summed E-state index contributed by atoms with van der Waals surface area (Å²) in [5.74, 6) is -1.57. The summed E-state index contributed by atoms with van der Waals surface area (Å²) in [4.78, 5) is 26.6. The maximum atomic E-state index is 11.8. The van der Waals surface area contributed by atoms with E-state index < -0.39 is 17.9 Å². The summed E-state index contributed by atoms with van der Waals surface area (Å²) < 4.78 is 0. The molecular weight excluding hydrogens is 256 g/mol. The van der Waals surface area contributed by atoms with Crippen LogP contribution >= 0.6 is 11.6 Å². The third kappa shape index (κ3) is 4.33. The van der Waals surface area contributed by atoms with E-state index in [1.165, 1.54) is 6.07 Å². The van der Waals surface area contributed by atoms with Gasteiger partial charge in [-0.2, -0.15) is 0 Å². The number of amides is 1. The molecule has 0 saturated carbocycles. The Hall–Kier alpha value is -1.62. The van der Waals surface area contributed by atoms with Gasteiger partial charge < -0.3 is 10.4 Å². The van der Waals surface area contributed by atoms with Gasteiger partial charge in [-0.3, -0.25) is 4.79 Å². The van der Waals surface area contributed by atoms with Crippen molar-refractivity contribution in [1.29, 1.82) is 0 Å². The lowest BCUT2D eigenvalue weighted by atomic mass is 10.1. The first kappa shape index (κ1) is 14.4. The summed E-state index contributed by atoms with van der Waals surface area (Å²) in [6.07, 6.45) is 2.01. The number of aliphatic carboxylic acids is 1. The zero-order valence-electron chi connectivity index (χ0n) is 10.0. The molecule has 1 amide bonds. The standard InChI is InChI=1S/C12H15ClN2O3/c1-2-3-5-9(12(17)18)15-11(16)8-6-4-7-10(13)14-8/h4,6-7,9H,2-3,5H2,1H3,(H,15,16)(H,17,18). The third-order valence-corrected chi connectivity index (χ3v) is 2.61. The second kappa shape index (κ2) is 6.96. The minimum Gasteiger partial charge on any atom is -0.480 e. The number of carboxylic acid groups (broad SMARTS) is 1. The summed E-state index contributed by atoms with van der Waals surface area (Å²) in [7, 11) is 0. The van der Waals surface area contributed by atoms with Crippen molar-refractivity contribution >= 4 is 23.5 Å². The SMILES string of the molecule is CCCCC(NC(=O)c1cccc(Cl)n1)C(=O)O. The highest BCUT2D eigenvalue weighted by Crippen LogP contribution is 2.06.